The number of likely N-dealkylation sites (N-methyl/N-ethyl adjacent to an activating group) is 1. The number of carbonyl (C=O) groups excluding carboxylic acids is 2. The highest BCUT2D eigenvalue weighted by Gasteiger charge is 2.31. The quantitative estimate of drug-likeness (QED) is 0.631. The summed E-state index contributed by atoms with van der Waals surface area (Å²) in [5.74, 6) is -1.35. The van der Waals surface area contributed by atoms with Gasteiger partial charge in [-0.3, -0.25) is 9.59 Å². The van der Waals surface area contributed by atoms with E-state index in [2.05, 4.69) is 15.4 Å². The van der Waals surface area contributed by atoms with Gasteiger partial charge in [0, 0.05) is 26.2 Å². The van der Waals surface area contributed by atoms with E-state index in [1.165, 1.54) is 38.2 Å². The van der Waals surface area contributed by atoms with Crippen LogP contribution >= 0.6 is 0 Å². The number of carbonyl (C=O) groups is 2. The number of amides is 2. The van der Waals surface area contributed by atoms with Gasteiger partial charge in [0.2, 0.25) is 21.8 Å². The van der Waals surface area contributed by atoms with Crippen LogP contribution in [0.2, 0.25) is 0 Å². The first-order valence-corrected chi connectivity index (χ1v) is 10.3. The van der Waals surface area contributed by atoms with Gasteiger partial charge >= 0.3 is 6.36 Å². The van der Waals surface area contributed by atoms with E-state index in [1.807, 2.05) is 0 Å². The number of benzene rings is 2. The summed E-state index contributed by atoms with van der Waals surface area (Å²) in [6, 6.07) is 10.2. The number of alkyl halides is 3. The Morgan fingerprint density at radius 2 is 1.61 bits per heavy atom. The van der Waals surface area contributed by atoms with Gasteiger partial charge in [0.1, 0.15) is 5.75 Å². The zero-order valence-corrected chi connectivity index (χ0v) is 17.4. The Bertz CT molecular complexity index is 1020. The lowest BCUT2D eigenvalue weighted by molar-refractivity contribution is -0.274. The Kier molecular flexibility index (Phi) is 7.63. The Labute approximate surface area is 177 Å². The number of anilines is 1. The Hall–Kier alpha value is -3.12. The summed E-state index contributed by atoms with van der Waals surface area (Å²) in [4.78, 5) is 23.0. The molecule has 0 saturated carbocycles. The number of ether oxygens (including phenoxy) is 1. The van der Waals surface area contributed by atoms with Crippen molar-refractivity contribution in [2.24, 2.45) is 0 Å². The van der Waals surface area contributed by atoms with Crippen LogP contribution < -0.4 is 15.4 Å². The number of hydrogen-bond acceptors (Lipinski definition) is 5. The number of nitrogens with one attached hydrogen (secondary N) is 2. The third-order valence-corrected chi connectivity index (χ3v) is 5.73. The van der Waals surface area contributed by atoms with Gasteiger partial charge in [-0.15, -0.1) is 13.2 Å². The predicted molar refractivity (Wildman–Crippen MR) is 106 cm³/mol. The SMILES string of the molecule is CC(=O)NCc1ccc(S(=O)(=O)N(C)CC(=O)Nc2ccc(OC(F)(F)F)cc2)cc1. The van der Waals surface area contributed by atoms with Crippen LogP contribution in [0.1, 0.15) is 12.5 Å². The zero-order valence-electron chi connectivity index (χ0n) is 16.6. The average molecular weight is 459 g/mol. The highest BCUT2D eigenvalue weighted by Crippen LogP contribution is 2.24. The first-order chi connectivity index (χ1) is 14.4. The maximum atomic E-state index is 12.6. The fraction of sp³-hybridized carbons (Fsp3) is 0.263. The van der Waals surface area contributed by atoms with Gasteiger partial charge in [-0.25, -0.2) is 8.42 Å². The topological polar surface area (TPSA) is 105 Å². The van der Waals surface area contributed by atoms with Crippen molar-refractivity contribution in [3.05, 3.63) is 54.1 Å². The molecule has 2 aromatic carbocycles. The number of halogens is 3. The van der Waals surface area contributed by atoms with Gasteiger partial charge < -0.3 is 15.4 Å². The molecule has 0 radical (unpaired) electrons. The molecule has 0 aliphatic rings. The largest absolute Gasteiger partial charge is 0.573 e. The van der Waals surface area contributed by atoms with Crippen molar-refractivity contribution in [2.45, 2.75) is 24.7 Å². The molecule has 2 rings (SSSR count). The summed E-state index contributed by atoms with van der Waals surface area (Å²) in [6.45, 7) is 1.10. The molecular weight excluding hydrogens is 439 g/mol. The molecule has 168 valence electrons. The van der Waals surface area contributed by atoms with Gasteiger partial charge in [-0.2, -0.15) is 4.31 Å². The Balaban J connectivity index is 1.97. The van der Waals surface area contributed by atoms with Gasteiger partial charge in [0.05, 0.1) is 11.4 Å². The van der Waals surface area contributed by atoms with E-state index in [1.54, 1.807) is 12.1 Å². The molecule has 0 saturated heterocycles. The summed E-state index contributed by atoms with van der Waals surface area (Å²) in [6.07, 6.45) is -4.83. The molecule has 0 heterocycles. The molecule has 0 aliphatic carbocycles. The molecule has 0 atom stereocenters. The molecule has 0 spiro atoms. The molecule has 12 heteroatoms. The molecule has 0 bridgehead atoms. The molecule has 2 aromatic rings. The maximum absolute atomic E-state index is 12.6. The molecule has 0 aliphatic heterocycles. The molecule has 8 nitrogen and oxygen atoms in total. The van der Waals surface area contributed by atoms with Crippen molar-refractivity contribution in [1.29, 1.82) is 0 Å². The second-order valence-corrected chi connectivity index (χ2v) is 8.48. The van der Waals surface area contributed by atoms with Crippen molar-refractivity contribution >= 4 is 27.5 Å². The van der Waals surface area contributed by atoms with Crippen LogP contribution in [-0.4, -0.2) is 44.5 Å². The van der Waals surface area contributed by atoms with Crippen LogP contribution in [0.15, 0.2) is 53.4 Å². The summed E-state index contributed by atoms with van der Waals surface area (Å²) in [7, 11) is -2.74. The third-order valence-electron chi connectivity index (χ3n) is 3.91. The van der Waals surface area contributed by atoms with Crippen LogP contribution in [0.5, 0.6) is 5.75 Å². The van der Waals surface area contributed by atoms with E-state index in [0.29, 0.717) is 5.56 Å². The summed E-state index contributed by atoms with van der Waals surface area (Å²) in [5.41, 5.74) is 0.875. The first-order valence-electron chi connectivity index (χ1n) is 8.82. The Morgan fingerprint density at radius 1 is 1.03 bits per heavy atom. The summed E-state index contributed by atoms with van der Waals surface area (Å²) in [5, 5.41) is 4.99. The molecule has 0 fully saturated rings. The number of sulfonamides is 1. The molecule has 2 N–H and O–H groups in total. The highest BCUT2D eigenvalue weighted by molar-refractivity contribution is 7.89. The molecule has 0 unspecified atom stereocenters. The normalized spacial score (nSPS) is 11.8. The summed E-state index contributed by atoms with van der Waals surface area (Å²) < 4.78 is 66.3. The smallest absolute Gasteiger partial charge is 0.406 e. The van der Waals surface area contributed by atoms with Gasteiger partial charge in [-0.1, -0.05) is 12.1 Å². The lowest BCUT2D eigenvalue weighted by atomic mass is 10.2. The molecule has 2 amide bonds. The lowest BCUT2D eigenvalue weighted by Crippen LogP contribution is -2.35. The van der Waals surface area contributed by atoms with Crippen LogP contribution in [0.4, 0.5) is 18.9 Å². The highest BCUT2D eigenvalue weighted by atomic mass is 32.2. The van der Waals surface area contributed by atoms with Gasteiger partial charge in [0.15, 0.2) is 0 Å². The van der Waals surface area contributed by atoms with Crippen molar-refractivity contribution in [1.82, 2.24) is 9.62 Å². The minimum atomic E-state index is -4.83. The average Bonchev–Trinajstić information content (AvgIpc) is 2.67. The second-order valence-electron chi connectivity index (χ2n) is 6.44. The fourth-order valence-electron chi connectivity index (χ4n) is 2.41. The van der Waals surface area contributed by atoms with Crippen LogP contribution in [-0.2, 0) is 26.2 Å². The van der Waals surface area contributed by atoms with Crippen molar-refractivity contribution in [2.75, 3.05) is 18.9 Å². The number of nitrogens with zero attached hydrogens (tertiary/aromatic N) is 1. The van der Waals surface area contributed by atoms with Crippen LogP contribution in [0.25, 0.3) is 0 Å². The summed E-state index contributed by atoms with van der Waals surface area (Å²) >= 11 is 0. The number of rotatable bonds is 8. The van der Waals surface area contributed by atoms with Crippen LogP contribution in [0, 0.1) is 0 Å². The predicted octanol–water partition coefficient (Wildman–Crippen LogP) is 2.48. The van der Waals surface area contributed by atoms with Gasteiger partial charge in [-0.05, 0) is 42.0 Å². The zero-order chi connectivity index (χ0) is 23.2. The third kappa shape index (κ3) is 7.57. The molecule has 31 heavy (non-hydrogen) atoms. The van der Waals surface area contributed by atoms with Crippen molar-refractivity contribution in [3.8, 4) is 5.75 Å². The molecule has 0 aromatic heterocycles. The van der Waals surface area contributed by atoms with E-state index in [9.17, 15) is 31.2 Å². The van der Waals surface area contributed by atoms with Crippen molar-refractivity contribution < 1.29 is 35.9 Å². The standard InChI is InChI=1S/C19H20F3N3O5S/c1-13(26)23-11-14-3-9-17(10-4-14)31(28,29)25(2)12-18(27)24-15-5-7-16(8-6-15)30-19(20,21)22/h3-10H,11-12H2,1-2H3,(H,23,26)(H,24,27). The fourth-order valence-corrected chi connectivity index (χ4v) is 3.54. The van der Waals surface area contributed by atoms with E-state index in [-0.39, 0.29) is 23.0 Å². The first kappa shape index (κ1) is 24.2. The molecular formula is C19H20F3N3O5S. The number of hydrogen-bond donors (Lipinski definition) is 2. The Morgan fingerprint density at radius 3 is 2.13 bits per heavy atom. The lowest BCUT2D eigenvalue weighted by Gasteiger charge is -2.17. The minimum Gasteiger partial charge on any atom is -0.406 e. The van der Waals surface area contributed by atoms with Crippen LogP contribution in [0.3, 0.4) is 0 Å². The second kappa shape index (κ2) is 9.79. The van der Waals surface area contributed by atoms with Gasteiger partial charge in [0.25, 0.3) is 0 Å². The maximum Gasteiger partial charge on any atom is 0.573 e. The van der Waals surface area contributed by atoms with Crippen molar-refractivity contribution in [3.63, 3.8) is 0 Å². The minimum absolute atomic E-state index is 0.0389. The van der Waals surface area contributed by atoms with E-state index in [4.69, 9.17) is 0 Å². The monoisotopic (exact) mass is 459 g/mol. The van der Waals surface area contributed by atoms with E-state index in [0.717, 1.165) is 16.4 Å². The van der Waals surface area contributed by atoms with E-state index >= 15 is 0 Å². The van der Waals surface area contributed by atoms with E-state index < -0.39 is 34.6 Å².